The number of rotatable bonds is 7. The van der Waals surface area contributed by atoms with E-state index in [1.54, 1.807) is 14.2 Å². The second-order valence-electron chi connectivity index (χ2n) is 6.40. The Balaban J connectivity index is 1.67. The molecule has 0 atom stereocenters. The van der Waals surface area contributed by atoms with Gasteiger partial charge in [0.2, 0.25) is 5.95 Å². The molecule has 0 aliphatic heterocycles. The zero-order valence-electron chi connectivity index (χ0n) is 16.3. The van der Waals surface area contributed by atoms with Crippen molar-refractivity contribution in [2.24, 2.45) is 0 Å². The number of ether oxygens (including phenoxy) is 2. The van der Waals surface area contributed by atoms with Gasteiger partial charge in [-0.2, -0.15) is 4.98 Å². The number of para-hydroxylation sites is 4. The molecule has 0 bridgehead atoms. The lowest BCUT2D eigenvalue weighted by Gasteiger charge is -2.14. The molecule has 6 heteroatoms. The van der Waals surface area contributed by atoms with Crippen LogP contribution < -0.4 is 20.1 Å². The highest BCUT2D eigenvalue weighted by atomic mass is 16.5. The Bertz CT molecular complexity index is 1130. The lowest BCUT2D eigenvalue weighted by atomic mass is 10.2. The average Bonchev–Trinajstić information content (AvgIpc) is 2.78. The second-order valence-corrected chi connectivity index (χ2v) is 6.40. The Morgan fingerprint density at radius 2 is 1.45 bits per heavy atom. The summed E-state index contributed by atoms with van der Waals surface area (Å²) in [6, 6.07) is 23.5. The molecule has 0 spiro atoms. The molecule has 0 saturated carbocycles. The molecule has 4 rings (SSSR count). The summed E-state index contributed by atoms with van der Waals surface area (Å²) in [6.07, 6.45) is 0. The molecular formula is C23H22N4O2. The molecule has 4 aromatic rings. The van der Waals surface area contributed by atoms with Gasteiger partial charge in [0.1, 0.15) is 17.3 Å². The fourth-order valence-electron chi connectivity index (χ4n) is 3.16. The highest BCUT2D eigenvalue weighted by molar-refractivity contribution is 5.90. The van der Waals surface area contributed by atoms with E-state index in [9.17, 15) is 0 Å². The van der Waals surface area contributed by atoms with Gasteiger partial charge in [0.15, 0.2) is 0 Å². The van der Waals surface area contributed by atoms with E-state index in [0.29, 0.717) is 12.5 Å². The molecule has 2 N–H and O–H groups in total. The maximum Gasteiger partial charge on any atom is 0.229 e. The largest absolute Gasteiger partial charge is 0.496 e. The van der Waals surface area contributed by atoms with Crippen LogP contribution in [0.25, 0.3) is 10.9 Å². The third-order valence-electron chi connectivity index (χ3n) is 4.60. The van der Waals surface area contributed by atoms with Crippen LogP contribution in [0, 0.1) is 0 Å². The van der Waals surface area contributed by atoms with Gasteiger partial charge in [0.25, 0.3) is 0 Å². The van der Waals surface area contributed by atoms with Crippen molar-refractivity contribution in [3.05, 3.63) is 78.4 Å². The highest BCUT2D eigenvalue weighted by Crippen LogP contribution is 2.29. The van der Waals surface area contributed by atoms with Crippen LogP contribution in [-0.4, -0.2) is 24.2 Å². The van der Waals surface area contributed by atoms with Crippen LogP contribution in [0.3, 0.4) is 0 Å². The molecule has 0 aliphatic rings. The Kier molecular flexibility index (Phi) is 5.42. The predicted molar refractivity (Wildman–Crippen MR) is 116 cm³/mol. The van der Waals surface area contributed by atoms with E-state index in [1.165, 1.54) is 0 Å². The summed E-state index contributed by atoms with van der Waals surface area (Å²) in [4.78, 5) is 9.37. The van der Waals surface area contributed by atoms with E-state index in [1.807, 2.05) is 72.8 Å². The molecule has 1 heterocycles. The zero-order valence-corrected chi connectivity index (χ0v) is 16.3. The number of benzene rings is 3. The van der Waals surface area contributed by atoms with Crippen LogP contribution in [0.5, 0.6) is 11.5 Å². The average molecular weight is 386 g/mol. The third kappa shape index (κ3) is 4.06. The van der Waals surface area contributed by atoms with Crippen LogP contribution >= 0.6 is 0 Å². The summed E-state index contributed by atoms with van der Waals surface area (Å²) in [5, 5.41) is 7.65. The Hall–Kier alpha value is -3.80. The number of fused-ring (bicyclic) bond motifs is 1. The quantitative estimate of drug-likeness (QED) is 0.466. The maximum atomic E-state index is 5.45. The summed E-state index contributed by atoms with van der Waals surface area (Å²) in [7, 11) is 3.32. The molecule has 1 aromatic heterocycles. The number of aromatic nitrogens is 2. The summed E-state index contributed by atoms with van der Waals surface area (Å²) < 4.78 is 10.9. The first-order valence-corrected chi connectivity index (χ1v) is 9.31. The standard InChI is InChI=1S/C23H22N4O2/c1-28-20-13-7-3-9-16(20)15-24-22-17-10-4-5-11-18(17)25-23(27-22)26-19-12-6-8-14-21(19)29-2/h3-14H,15H2,1-2H3,(H2,24,25,26,27). The van der Waals surface area contributed by atoms with Crippen molar-refractivity contribution in [3.8, 4) is 11.5 Å². The summed E-state index contributed by atoms with van der Waals surface area (Å²) in [5.74, 6) is 2.81. The predicted octanol–water partition coefficient (Wildman–Crippen LogP) is 5.00. The zero-order chi connectivity index (χ0) is 20.1. The van der Waals surface area contributed by atoms with E-state index in [2.05, 4.69) is 15.6 Å². The fraction of sp³-hybridized carbons (Fsp3) is 0.130. The molecule has 0 unspecified atom stereocenters. The van der Waals surface area contributed by atoms with Gasteiger partial charge in [-0.3, -0.25) is 0 Å². The fourth-order valence-corrected chi connectivity index (χ4v) is 3.16. The van der Waals surface area contributed by atoms with E-state index < -0.39 is 0 Å². The lowest BCUT2D eigenvalue weighted by molar-refractivity contribution is 0.410. The van der Waals surface area contributed by atoms with E-state index in [0.717, 1.165) is 39.5 Å². The van der Waals surface area contributed by atoms with Gasteiger partial charge in [-0.1, -0.05) is 42.5 Å². The van der Waals surface area contributed by atoms with Crippen LogP contribution in [0.1, 0.15) is 5.56 Å². The molecule has 29 heavy (non-hydrogen) atoms. The van der Waals surface area contributed by atoms with Crippen molar-refractivity contribution in [2.45, 2.75) is 6.54 Å². The molecule has 0 radical (unpaired) electrons. The minimum atomic E-state index is 0.496. The van der Waals surface area contributed by atoms with Gasteiger partial charge in [0, 0.05) is 17.5 Å². The first kappa shape index (κ1) is 18.6. The molecule has 0 saturated heterocycles. The summed E-state index contributed by atoms with van der Waals surface area (Å²) >= 11 is 0. The first-order chi connectivity index (χ1) is 14.3. The van der Waals surface area contributed by atoms with Crippen molar-refractivity contribution in [2.75, 3.05) is 24.9 Å². The van der Waals surface area contributed by atoms with E-state index in [4.69, 9.17) is 14.5 Å². The Morgan fingerprint density at radius 1 is 0.759 bits per heavy atom. The number of hydrogen-bond acceptors (Lipinski definition) is 6. The molecule has 0 amide bonds. The molecule has 3 aromatic carbocycles. The minimum absolute atomic E-state index is 0.496. The maximum absolute atomic E-state index is 5.45. The number of hydrogen-bond donors (Lipinski definition) is 2. The van der Waals surface area contributed by atoms with E-state index in [-0.39, 0.29) is 0 Å². The second kappa shape index (κ2) is 8.48. The monoisotopic (exact) mass is 386 g/mol. The number of anilines is 3. The Morgan fingerprint density at radius 3 is 2.28 bits per heavy atom. The van der Waals surface area contributed by atoms with Crippen LogP contribution in [0.2, 0.25) is 0 Å². The topological polar surface area (TPSA) is 68.3 Å². The number of nitrogens with zero attached hydrogens (tertiary/aromatic N) is 2. The van der Waals surface area contributed by atoms with Crippen LogP contribution in [0.15, 0.2) is 72.8 Å². The molecular weight excluding hydrogens is 364 g/mol. The van der Waals surface area contributed by atoms with Crippen molar-refractivity contribution >= 4 is 28.4 Å². The summed E-state index contributed by atoms with van der Waals surface area (Å²) in [6.45, 7) is 0.582. The van der Waals surface area contributed by atoms with Crippen molar-refractivity contribution in [3.63, 3.8) is 0 Å². The van der Waals surface area contributed by atoms with Crippen molar-refractivity contribution < 1.29 is 9.47 Å². The third-order valence-corrected chi connectivity index (χ3v) is 4.60. The van der Waals surface area contributed by atoms with Crippen molar-refractivity contribution in [1.29, 1.82) is 0 Å². The van der Waals surface area contributed by atoms with Gasteiger partial charge in [-0.05, 0) is 30.3 Å². The highest BCUT2D eigenvalue weighted by Gasteiger charge is 2.10. The molecule has 0 fully saturated rings. The lowest BCUT2D eigenvalue weighted by Crippen LogP contribution is -2.07. The normalized spacial score (nSPS) is 10.6. The van der Waals surface area contributed by atoms with E-state index >= 15 is 0 Å². The molecule has 0 aliphatic carbocycles. The van der Waals surface area contributed by atoms with Crippen LogP contribution in [0.4, 0.5) is 17.5 Å². The number of nitrogens with one attached hydrogen (secondary N) is 2. The molecule has 146 valence electrons. The minimum Gasteiger partial charge on any atom is -0.496 e. The van der Waals surface area contributed by atoms with Gasteiger partial charge in [-0.15, -0.1) is 0 Å². The first-order valence-electron chi connectivity index (χ1n) is 9.31. The molecule has 6 nitrogen and oxygen atoms in total. The van der Waals surface area contributed by atoms with Gasteiger partial charge in [0.05, 0.1) is 25.4 Å². The SMILES string of the molecule is COc1ccccc1CNc1nc(Nc2ccccc2OC)nc2ccccc12. The number of methoxy groups -OCH3 is 2. The van der Waals surface area contributed by atoms with Gasteiger partial charge >= 0.3 is 0 Å². The Labute approximate surface area is 169 Å². The van der Waals surface area contributed by atoms with Crippen LogP contribution in [-0.2, 0) is 6.54 Å². The van der Waals surface area contributed by atoms with Crippen molar-refractivity contribution in [1.82, 2.24) is 9.97 Å². The summed E-state index contributed by atoms with van der Waals surface area (Å²) in [5.41, 5.74) is 2.71. The smallest absolute Gasteiger partial charge is 0.229 e. The van der Waals surface area contributed by atoms with Gasteiger partial charge in [-0.25, -0.2) is 4.98 Å². The van der Waals surface area contributed by atoms with Gasteiger partial charge < -0.3 is 20.1 Å².